The smallest absolute Gasteiger partial charge is 0.177 e. The van der Waals surface area contributed by atoms with Gasteiger partial charge in [-0.15, -0.1) is 0 Å². The Balaban J connectivity index is 2.98. The van der Waals surface area contributed by atoms with Crippen LogP contribution in [0.5, 0.6) is 0 Å². The van der Waals surface area contributed by atoms with Gasteiger partial charge in [0.05, 0.1) is 11.0 Å². The molecule has 2 rings (SSSR count). The molecule has 0 amide bonds. The van der Waals surface area contributed by atoms with Crippen LogP contribution in [-0.4, -0.2) is 9.55 Å². The third kappa shape index (κ3) is 0.921. The van der Waals surface area contributed by atoms with Crippen molar-refractivity contribution in [2.24, 2.45) is 7.05 Å². The zero-order valence-corrected chi connectivity index (χ0v) is 7.48. The minimum absolute atomic E-state index is 0.718. The van der Waals surface area contributed by atoms with Crippen LogP contribution in [0.15, 0.2) is 18.2 Å². The second-order valence-electron chi connectivity index (χ2n) is 2.77. The molecular weight excluding hydrogens is 170 g/mol. The molecule has 1 heterocycles. The number of H-pyrrole nitrogens is 1. The molecule has 0 aliphatic carbocycles. The average Bonchev–Trinajstić information content (AvgIpc) is 2.31. The molecule has 4 heteroatoms. The van der Waals surface area contributed by atoms with Crippen LogP contribution in [0.1, 0.15) is 0 Å². The van der Waals surface area contributed by atoms with Gasteiger partial charge in [0.15, 0.2) is 4.77 Å². The van der Waals surface area contributed by atoms with E-state index in [0.29, 0.717) is 0 Å². The zero-order valence-electron chi connectivity index (χ0n) is 6.66. The van der Waals surface area contributed by atoms with Gasteiger partial charge < -0.3 is 15.3 Å². The normalized spacial score (nSPS) is 10.8. The van der Waals surface area contributed by atoms with Gasteiger partial charge >= 0.3 is 0 Å². The van der Waals surface area contributed by atoms with Crippen LogP contribution in [0, 0.1) is 4.77 Å². The number of benzene rings is 1. The van der Waals surface area contributed by atoms with E-state index in [4.69, 9.17) is 18.0 Å². The van der Waals surface area contributed by atoms with Crippen LogP contribution in [0.4, 0.5) is 5.69 Å². The molecule has 0 radical (unpaired) electrons. The summed E-state index contributed by atoms with van der Waals surface area (Å²) in [7, 11) is 1.92. The molecule has 2 aromatic rings. The molecule has 0 bridgehead atoms. The second kappa shape index (κ2) is 2.35. The summed E-state index contributed by atoms with van der Waals surface area (Å²) in [5, 5.41) is 0. The molecule has 0 saturated carbocycles. The summed E-state index contributed by atoms with van der Waals surface area (Å²) in [6.45, 7) is 0. The van der Waals surface area contributed by atoms with E-state index in [9.17, 15) is 0 Å². The third-order valence-electron chi connectivity index (χ3n) is 1.93. The topological polar surface area (TPSA) is 46.7 Å². The maximum Gasteiger partial charge on any atom is 0.177 e. The third-order valence-corrected chi connectivity index (χ3v) is 2.31. The highest BCUT2D eigenvalue weighted by Gasteiger charge is 1.99. The van der Waals surface area contributed by atoms with Gasteiger partial charge in [-0.2, -0.15) is 0 Å². The molecule has 0 aliphatic heterocycles. The second-order valence-corrected chi connectivity index (χ2v) is 3.15. The molecule has 62 valence electrons. The molecule has 0 unspecified atom stereocenters. The number of imidazole rings is 1. The summed E-state index contributed by atoms with van der Waals surface area (Å²) >= 11 is 5.06. The molecule has 0 atom stereocenters. The molecule has 0 aliphatic rings. The van der Waals surface area contributed by atoms with Gasteiger partial charge in [0, 0.05) is 12.7 Å². The van der Waals surface area contributed by atoms with Crippen LogP contribution < -0.4 is 5.73 Å². The maximum atomic E-state index is 5.64. The Morgan fingerprint density at radius 2 is 2.25 bits per heavy atom. The number of nitrogen functional groups attached to an aromatic ring is 1. The van der Waals surface area contributed by atoms with Crippen molar-refractivity contribution in [1.82, 2.24) is 9.55 Å². The molecule has 0 spiro atoms. The van der Waals surface area contributed by atoms with Gasteiger partial charge in [0.25, 0.3) is 0 Å². The highest BCUT2D eigenvalue weighted by molar-refractivity contribution is 7.71. The van der Waals surface area contributed by atoms with E-state index in [2.05, 4.69) is 4.98 Å². The van der Waals surface area contributed by atoms with E-state index >= 15 is 0 Å². The van der Waals surface area contributed by atoms with Crippen molar-refractivity contribution in [2.75, 3.05) is 5.73 Å². The highest BCUT2D eigenvalue weighted by Crippen LogP contribution is 2.15. The lowest BCUT2D eigenvalue weighted by molar-refractivity contribution is 0.927. The number of fused-ring (bicyclic) bond motifs is 1. The summed E-state index contributed by atoms with van der Waals surface area (Å²) in [6, 6.07) is 5.69. The largest absolute Gasteiger partial charge is 0.399 e. The Hall–Kier alpha value is -1.29. The van der Waals surface area contributed by atoms with Gasteiger partial charge in [-0.05, 0) is 30.4 Å². The number of aryl methyl sites for hydroxylation is 1. The van der Waals surface area contributed by atoms with Gasteiger partial charge in [-0.3, -0.25) is 0 Å². The molecule has 0 fully saturated rings. The quantitative estimate of drug-likeness (QED) is 0.478. The van der Waals surface area contributed by atoms with E-state index in [1.165, 1.54) is 0 Å². The Bertz CT molecular complexity index is 480. The summed E-state index contributed by atoms with van der Waals surface area (Å²) in [5.41, 5.74) is 8.46. The lowest BCUT2D eigenvalue weighted by Gasteiger charge is -1.95. The fourth-order valence-corrected chi connectivity index (χ4v) is 1.45. The van der Waals surface area contributed by atoms with Crippen molar-refractivity contribution in [2.45, 2.75) is 0 Å². The standard InChI is InChI=1S/C8H9N3S/c1-11-7-4-5(9)2-3-6(7)10-8(11)12/h2-4H,9H2,1H3,(H,10,12). The number of nitrogens with two attached hydrogens (primary N) is 1. The van der Waals surface area contributed by atoms with Crippen LogP contribution in [0.2, 0.25) is 0 Å². The van der Waals surface area contributed by atoms with Crippen LogP contribution >= 0.6 is 12.2 Å². The van der Waals surface area contributed by atoms with Crippen molar-refractivity contribution in [3.8, 4) is 0 Å². The van der Waals surface area contributed by atoms with Crippen LogP contribution in [0.25, 0.3) is 11.0 Å². The first-order valence-corrected chi connectivity index (χ1v) is 4.03. The monoisotopic (exact) mass is 179 g/mol. The van der Waals surface area contributed by atoms with Crippen molar-refractivity contribution < 1.29 is 0 Å². The number of hydrogen-bond donors (Lipinski definition) is 2. The number of nitrogens with zero attached hydrogens (tertiary/aromatic N) is 1. The number of hydrogen-bond acceptors (Lipinski definition) is 2. The first-order valence-electron chi connectivity index (χ1n) is 3.63. The molecule has 0 saturated heterocycles. The first-order chi connectivity index (χ1) is 5.68. The summed E-state index contributed by atoms with van der Waals surface area (Å²) in [4.78, 5) is 3.08. The minimum atomic E-state index is 0.718. The number of anilines is 1. The molecule has 1 aromatic carbocycles. The SMILES string of the molecule is Cn1c(=S)[nH]c2ccc(N)cc21. The molecular formula is C8H9N3S. The number of nitrogens with one attached hydrogen (secondary N) is 1. The Morgan fingerprint density at radius 1 is 1.50 bits per heavy atom. The number of aromatic nitrogens is 2. The van der Waals surface area contributed by atoms with Gasteiger partial charge in [0.1, 0.15) is 0 Å². The lowest BCUT2D eigenvalue weighted by Crippen LogP contribution is -1.88. The zero-order chi connectivity index (χ0) is 8.72. The maximum absolute atomic E-state index is 5.64. The highest BCUT2D eigenvalue weighted by atomic mass is 32.1. The minimum Gasteiger partial charge on any atom is -0.399 e. The molecule has 3 nitrogen and oxygen atoms in total. The number of rotatable bonds is 0. The van der Waals surface area contributed by atoms with Crippen molar-refractivity contribution in [3.63, 3.8) is 0 Å². The lowest BCUT2D eigenvalue weighted by atomic mass is 10.3. The van der Waals surface area contributed by atoms with Crippen molar-refractivity contribution in [1.29, 1.82) is 0 Å². The number of aromatic amines is 1. The Morgan fingerprint density at radius 3 is 3.00 bits per heavy atom. The fourth-order valence-electron chi connectivity index (χ4n) is 1.24. The van der Waals surface area contributed by atoms with E-state index in [1.54, 1.807) is 0 Å². The van der Waals surface area contributed by atoms with Crippen LogP contribution in [-0.2, 0) is 7.05 Å². The van der Waals surface area contributed by atoms with E-state index < -0.39 is 0 Å². The Kier molecular flexibility index (Phi) is 1.44. The first kappa shape index (κ1) is 7.36. The Labute approximate surface area is 74.8 Å². The molecule has 12 heavy (non-hydrogen) atoms. The van der Waals surface area contributed by atoms with E-state index in [-0.39, 0.29) is 0 Å². The van der Waals surface area contributed by atoms with Gasteiger partial charge in [-0.1, -0.05) is 0 Å². The average molecular weight is 179 g/mol. The van der Waals surface area contributed by atoms with Gasteiger partial charge in [-0.25, -0.2) is 0 Å². The fraction of sp³-hybridized carbons (Fsp3) is 0.125. The predicted molar refractivity (Wildman–Crippen MR) is 52.5 cm³/mol. The van der Waals surface area contributed by atoms with Crippen molar-refractivity contribution in [3.05, 3.63) is 23.0 Å². The summed E-state index contributed by atoms with van der Waals surface area (Å²) in [6.07, 6.45) is 0. The molecule has 1 aromatic heterocycles. The van der Waals surface area contributed by atoms with Crippen molar-refractivity contribution >= 4 is 28.9 Å². The summed E-state index contributed by atoms with van der Waals surface area (Å²) < 4.78 is 2.62. The summed E-state index contributed by atoms with van der Waals surface area (Å²) in [5.74, 6) is 0. The predicted octanol–water partition coefficient (Wildman–Crippen LogP) is 1.82. The van der Waals surface area contributed by atoms with Gasteiger partial charge in [0.2, 0.25) is 0 Å². The van der Waals surface area contributed by atoms with E-state index in [0.717, 1.165) is 21.5 Å². The van der Waals surface area contributed by atoms with E-state index in [1.807, 2.05) is 29.8 Å². The molecule has 3 N–H and O–H groups in total. The van der Waals surface area contributed by atoms with Crippen LogP contribution in [0.3, 0.4) is 0 Å².